The van der Waals surface area contributed by atoms with Gasteiger partial charge < -0.3 is 9.90 Å². The Morgan fingerprint density at radius 2 is 1.95 bits per heavy atom. The number of carbonyl (C=O) groups is 1. The van der Waals surface area contributed by atoms with Crippen molar-refractivity contribution in [3.8, 4) is 0 Å². The van der Waals surface area contributed by atoms with Gasteiger partial charge >= 0.3 is 0 Å². The van der Waals surface area contributed by atoms with Gasteiger partial charge in [0.2, 0.25) is 0 Å². The van der Waals surface area contributed by atoms with Crippen LogP contribution < -0.4 is 0 Å². The van der Waals surface area contributed by atoms with Crippen LogP contribution >= 0.6 is 0 Å². The first-order valence-electron chi connectivity index (χ1n) is 8.01. The average molecular weight is 289 g/mol. The second-order valence-corrected chi connectivity index (χ2v) is 6.58. The van der Waals surface area contributed by atoms with Crippen LogP contribution in [0.2, 0.25) is 0 Å². The first kappa shape index (κ1) is 16.2. The molecule has 21 heavy (non-hydrogen) atoms. The highest BCUT2D eigenvalue weighted by molar-refractivity contribution is 5.60. The summed E-state index contributed by atoms with van der Waals surface area (Å²) < 4.78 is 0. The third-order valence-electron chi connectivity index (χ3n) is 4.72. The van der Waals surface area contributed by atoms with E-state index in [1.165, 1.54) is 11.8 Å². The molecule has 0 heterocycles. The number of benzene rings is 1. The van der Waals surface area contributed by atoms with Gasteiger partial charge in [0.15, 0.2) is 0 Å². The first-order valence-corrected chi connectivity index (χ1v) is 8.01. The van der Waals surface area contributed by atoms with Crippen molar-refractivity contribution in [1.29, 1.82) is 0 Å². The van der Waals surface area contributed by atoms with Crippen LogP contribution in [0.15, 0.2) is 30.3 Å². The molecule has 0 spiro atoms. The molecule has 0 radical (unpaired) electrons. The van der Waals surface area contributed by atoms with Crippen LogP contribution in [0.1, 0.15) is 38.2 Å². The number of hydrogen-bond acceptors (Lipinski definition) is 3. The van der Waals surface area contributed by atoms with Gasteiger partial charge in [-0.2, -0.15) is 0 Å². The lowest BCUT2D eigenvalue weighted by atomic mass is 9.71. The van der Waals surface area contributed by atoms with Gasteiger partial charge in [-0.1, -0.05) is 37.3 Å². The van der Waals surface area contributed by atoms with Gasteiger partial charge in [0.1, 0.15) is 6.29 Å². The molecule has 1 aliphatic rings. The molecule has 1 aromatic rings. The van der Waals surface area contributed by atoms with Crippen molar-refractivity contribution in [3.63, 3.8) is 0 Å². The Morgan fingerprint density at radius 3 is 2.52 bits per heavy atom. The summed E-state index contributed by atoms with van der Waals surface area (Å²) in [6.07, 6.45) is 5.41. The van der Waals surface area contributed by atoms with E-state index in [0.29, 0.717) is 6.54 Å². The molecule has 1 saturated carbocycles. The Hall–Kier alpha value is -1.19. The van der Waals surface area contributed by atoms with Crippen LogP contribution in [-0.2, 0) is 11.3 Å². The fourth-order valence-electron chi connectivity index (χ4n) is 3.29. The Morgan fingerprint density at radius 1 is 1.29 bits per heavy atom. The van der Waals surface area contributed by atoms with E-state index in [0.717, 1.165) is 44.7 Å². The number of hydrogen-bond donors (Lipinski definition) is 1. The van der Waals surface area contributed by atoms with Crippen LogP contribution in [0.4, 0.5) is 0 Å². The molecule has 0 aromatic heterocycles. The highest BCUT2D eigenvalue weighted by Crippen LogP contribution is 2.38. The smallest absolute Gasteiger partial charge is 0.127 e. The topological polar surface area (TPSA) is 40.5 Å². The molecule has 1 fully saturated rings. The Kier molecular flexibility index (Phi) is 5.95. The lowest BCUT2D eigenvalue weighted by Gasteiger charge is -2.38. The van der Waals surface area contributed by atoms with Gasteiger partial charge in [-0.15, -0.1) is 0 Å². The molecule has 1 aromatic carbocycles. The SMILES string of the molecule is CC1CCC(C=O)(CN(CCO)Cc2ccccc2)CC1. The van der Waals surface area contributed by atoms with Gasteiger partial charge in [0, 0.05) is 25.0 Å². The predicted octanol–water partition coefficient (Wildman–Crippen LogP) is 2.88. The van der Waals surface area contributed by atoms with E-state index in [9.17, 15) is 9.90 Å². The predicted molar refractivity (Wildman–Crippen MR) is 84.9 cm³/mol. The summed E-state index contributed by atoms with van der Waals surface area (Å²) in [4.78, 5) is 13.9. The van der Waals surface area contributed by atoms with Crippen molar-refractivity contribution >= 4 is 6.29 Å². The Labute approximate surface area is 128 Å². The quantitative estimate of drug-likeness (QED) is 0.785. The normalized spacial score (nSPS) is 26.0. The van der Waals surface area contributed by atoms with Crippen LogP contribution in [-0.4, -0.2) is 36.0 Å². The average Bonchev–Trinajstić information content (AvgIpc) is 2.51. The fourth-order valence-corrected chi connectivity index (χ4v) is 3.29. The molecule has 116 valence electrons. The molecular formula is C18H27NO2. The lowest BCUT2D eigenvalue weighted by Crippen LogP contribution is -2.42. The largest absolute Gasteiger partial charge is 0.395 e. The van der Waals surface area contributed by atoms with Crippen LogP contribution in [0.3, 0.4) is 0 Å². The molecule has 0 atom stereocenters. The molecular weight excluding hydrogens is 262 g/mol. The molecule has 0 bridgehead atoms. The van der Waals surface area contributed by atoms with E-state index in [1.807, 2.05) is 18.2 Å². The number of aliphatic hydroxyl groups excluding tert-OH is 1. The minimum absolute atomic E-state index is 0.137. The zero-order valence-electron chi connectivity index (χ0n) is 13.0. The van der Waals surface area contributed by atoms with Gasteiger partial charge in [0.05, 0.1) is 6.61 Å². The second-order valence-electron chi connectivity index (χ2n) is 6.58. The number of carbonyl (C=O) groups excluding carboxylic acids is 1. The number of aldehydes is 1. The maximum atomic E-state index is 11.7. The van der Waals surface area contributed by atoms with Gasteiger partial charge in [-0.3, -0.25) is 4.90 Å². The van der Waals surface area contributed by atoms with E-state index in [2.05, 4.69) is 24.0 Å². The van der Waals surface area contributed by atoms with Gasteiger partial charge in [-0.05, 0) is 37.2 Å². The molecule has 1 N–H and O–H groups in total. The maximum Gasteiger partial charge on any atom is 0.127 e. The highest BCUT2D eigenvalue weighted by Gasteiger charge is 2.35. The molecule has 2 rings (SSSR count). The molecule has 1 aliphatic carbocycles. The van der Waals surface area contributed by atoms with Crippen molar-refractivity contribution in [2.24, 2.45) is 11.3 Å². The van der Waals surface area contributed by atoms with Crippen LogP contribution in [0.5, 0.6) is 0 Å². The van der Waals surface area contributed by atoms with Crippen molar-refractivity contribution < 1.29 is 9.90 Å². The minimum atomic E-state index is -0.212. The Balaban J connectivity index is 2.02. The summed E-state index contributed by atoms with van der Waals surface area (Å²) in [7, 11) is 0. The monoisotopic (exact) mass is 289 g/mol. The molecule has 0 aliphatic heterocycles. The number of nitrogens with zero attached hydrogens (tertiary/aromatic N) is 1. The second kappa shape index (κ2) is 7.71. The van der Waals surface area contributed by atoms with Gasteiger partial charge in [-0.25, -0.2) is 0 Å². The summed E-state index contributed by atoms with van der Waals surface area (Å²) in [5.41, 5.74) is 1.02. The third kappa shape index (κ3) is 4.65. The molecule has 3 nitrogen and oxygen atoms in total. The summed E-state index contributed by atoms with van der Waals surface area (Å²) in [6, 6.07) is 10.3. The van der Waals surface area contributed by atoms with Crippen molar-refractivity contribution in [1.82, 2.24) is 4.90 Å². The van der Waals surface area contributed by atoms with E-state index in [1.54, 1.807) is 0 Å². The maximum absolute atomic E-state index is 11.7. The standard InChI is InChI=1S/C18H27NO2/c1-16-7-9-18(15-21,10-8-16)14-19(11-12-20)13-17-5-3-2-4-6-17/h2-6,15-16,20H,7-14H2,1H3. The molecule has 0 amide bonds. The number of rotatable bonds is 7. The van der Waals surface area contributed by atoms with Crippen LogP contribution in [0.25, 0.3) is 0 Å². The van der Waals surface area contributed by atoms with Crippen molar-refractivity contribution in [3.05, 3.63) is 35.9 Å². The third-order valence-corrected chi connectivity index (χ3v) is 4.72. The summed E-state index contributed by atoms with van der Waals surface area (Å²) in [5, 5.41) is 9.31. The Bertz CT molecular complexity index is 424. The lowest BCUT2D eigenvalue weighted by molar-refractivity contribution is -0.119. The zero-order valence-corrected chi connectivity index (χ0v) is 13.0. The van der Waals surface area contributed by atoms with E-state index in [-0.39, 0.29) is 12.0 Å². The minimum Gasteiger partial charge on any atom is -0.395 e. The van der Waals surface area contributed by atoms with Crippen molar-refractivity contribution in [2.75, 3.05) is 19.7 Å². The van der Waals surface area contributed by atoms with E-state index < -0.39 is 0 Å². The summed E-state index contributed by atoms with van der Waals surface area (Å²) in [5.74, 6) is 0.735. The van der Waals surface area contributed by atoms with E-state index in [4.69, 9.17) is 0 Å². The van der Waals surface area contributed by atoms with Gasteiger partial charge in [0.25, 0.3) is 0 Å². The first-order chi connectivity index (χ1) is 10.2. The van der Waals surface area contributed by atoms with Crippen LogP contribution in [0, 0.1) is 11.3 Å². The fraction of sp³-hybridized carbons (Fsp3) is 0.611. The molecule has 3 heteroatoms. The highest BCUT2D eigenvalue weighted by atomic mass is 16.3. The zero-order chi connectivity index (χ0) is 15.1. The van der Waals surface area contributed by atoms with E-state index >= 15 is 0 Å². The molecule has 0 saturated heterocycles. The van der Waals surface area contributed by atoms with Crippen molar-refractivity contribution in [2.45, 2.75) is 39.2 Å². The number of aliphatic hydroxyl groups is 1. The summed E-state index contributed by atoms with van der Waals surface area (Å²) >= 11 is 0. The summed E-state index contributed by atoms with van der Waals surface area (Å²) in [6.45, 7) is 4.59. The molecule has 0 unspecified atom stereocenters.